The predicted molar refractivity (Wildman–Crippen MR) is 117 cm³/mol. The van der Waals surface area contributed by atoms with Crippen LogP contribution < -0.4 is 10.2 Å². The Morgan fingerprint density at radius 3 is 2.50 bits per heavy atom. The van der Waals surface area contributed by atoms with Gasteiger partial charge in [-0.2, -0.15) is 0 Å². The van der Waals surface area contributed by atoms with Gasteiger partial charge in [0.15, 0.2) is 5.96 Å². The Bertz CT molecular complexity index is 752. The number of aliphatic imine (C=N–C) groups is 1. The summed E-state index contributed by atoms with van der Waals surface area (Å²) in [4.78, 5) is 24.2. The number of nitrogens with one attached hydrogen (secondary N) is 1. The first-order chi connectivity index (χ1) is 13.6. The summed E-state index contributed by atoms with van der Waals surface area (Å²) in [5.41, 5.74) is 1.26. The zero-order valence-corrected chi connectivity index (χ0v) is 17.5. The summed E-state index contributed by atoms with van der Waals surface area (Å²) < 4.78 is 0. The lowest BCUT2D eigenvalue weighted by atomic mass is 10.2. The molecule has 1 saturated heterocycles. The Balaban J connectivity index is 1.59. The first-order valence-electron chi connectivity index (χ1n) is 9.69. The van der Waals surface area contributed by atoms with Crippen molar-refractivity contribution in [2.45, 2.75) is 6.42 Å². The molecule has 0 spiro atoms. The predicted octanol–water partition coefficient (Wildman–Crippen LogP) is 2.15. The Morgan fingerprint density at radius 1 is 1.11 bits per heavy atom. The summed E-state index contributed by atoms with van der Waals surface area (Å²) in [5.74, 6) is 0.847. The number of hydrogen-bond donors (Lipinski definition) is 1. The lowest BCUT2D eigenvalue weighted by molar-refractivity contribution is -0.127. The van der Waals surface area contributed by atoms with E-state index in [1.54, 1.807) is 30.3 Å². The number of thiophene rings is 1. The van der Waals surface area contributed by atoms with Gasteiger partial charge >= 0.3 is 0 Å². The molecule has 0 atom stereocenters. The first kappa shape index (κ1) is 20.2. The first-order valence-corrected chi connectivity index (χ1v) is 10.6. The van der Waals surface area contributed by atoms with E-state index in [4.69, 9.17) is 0 Å². The maximum Gasteiger partial charge on any atom is 0.243 e. The molecule has 1 N–H and O–H groups in total. The molecule has 1 aliphatic rings. The molecule has 3 rings (SSSR count). The number of benzene rings is 1. The number of carbonyl (C=O) groups is 1. The van der Waals surface area contributed by atoms with Crippen LogP contribution >= 0.6 is 11.3 Å². The van der Waals surface area contributed by atoms with Crippen molar-refractivity contribution in [3.05, 3.63) is 52.7 Å². The molecule has 2 aromatic rings. The van der Waals surface area contributed by atoms with Crippen LogP contribution in [0.4, 0.5) is 5.69 Å². The quantitative estimate of drug-likeness (QED) is 0.597. The fourth-order valence-electron chi connectivity index (χ4n) is 3.12. The lowest BCUT2D eigenvalue weighted by Crippen LogP contribution is -2.53. The second kappa shape index (κ2) is 10.1. The fourth-order valence-corrected chi connectivity index (χ4v) is 3.83. The minimum atomic E-state index is 0.0143. The Labute approximate surface area is 171 Å². The van der Waals surface area contributed by atoms with Crippen molar-refractivity contribution in [1.82, 2.24) is 15.1 Å². The molecule has 0 aliphatic carbocycles. The van der Waals surface area contributed by atoms with Gasteiger partial charge in [0, 0.05) is 57.4 Å². The maximum atomic E-state index is 12.0. The van der Waals surface area contributed by atoms with E-state index in [-0.39, 0.29) is 12.5 Å². The van der Waals surface area contributed by atoms with E-state index in [9.17, 15) is 4.79 Å². The van der Waals surface area contributed by atoms with Gasteiger partial charge < -0.3 is 20.0 Å². The summed E-state index contributed by atoms with van der Waals surface area (Å²) in [5, 5.41) is 5.57. The highest BCUT2D eigenvalue weighted by Gasteiger charge is 2.20. The van der Waals surface area contributed by atoms with Gasteiger partial charge in [-0.3, -0.25) is 4.79 Å². The van der Waals surface area contributed by atoms with Crippen molar-refractivity contribution in [3.63, 3.8) is 0 Å². The van der Waals surface area contributed by atoms with Crippen LogP contribution in [-0.2, 0) is 11.2 Å². The van der Waals surface area contributed by atoms with E-state index in [1.165, 1.54) is 10.6 Å². The number of para-hydroxylation sites is 1. The summed E-state index contributed by atoms with van der Waals surface area (Å²) in [6, 6.07) is 14.7. The number of hydrogen-bond acceptors (Lipinski definition) is 4. The molecule has 1 aliphatic heterocycles. The van der Waals surface area contributed by atoms with Gasteiger partial charge in [-0.25, -0.2) is 4.99 Å². The Morgan fingerprint density at radius 2 is 1.86 bits per heavy atom. The van der Waals surface area contributed by atoms with Crippen LogP contribution in [0.2, 0.25) is 0 Å². The van der Waals surface area contributed by atoms with Gasteiger partial charge in [0.05, 0.1) is 0 Å². The van der Waals surface area contributed by atoms with E-state index in [0.29, 0.717) is 0 Å². The van der Waals surface area contributed by atoms with Gasteiger partial charge in [0.25, 0.3) is 0 Å². The molecular weight excluding hydrogens is 370 g/mol. The van der Waals surface area contributed by atoms with Gasteiger partial charge in [0.2, 0.25) is 5.91 Å². The summed E-state index contributed by atoms with van der Waals surface area (Å²) in [6.07, 6.45) is 0.961. The molecule has 6 nitrogen and oxygen atoms in total. The molecule has 0 radical (unpaired) electrons. The van der Waals surface area contributed by atoms with Gasteiger partial charge in [-0.05, 0) is 30.0 Å². The van der Waals surface area contributed by atoms with Crippen LogP contribution in [0.3, 0.4) is 0 Å². The molecule has 1 amide bonds. The van der Waals surface area contributed by atoms with E-state index < -0.39 is 0 Å². The minimum Gasteiger partial charge on any atom is -0.368 e. The monoisotopic (exact) mass is 399 g/mol. The zero-order valence-electron chi connectivity index (χ0n) is 16.7. The van der Waals surface area contributed by atoms with Crippen molar-refractivity contribution >= 4 is 28.9 Å². The van der Waals surface area contributed by atoms with E-state index in [0.717, 1.165) is 45.1 Å². The number of amides is 1. The minimum absolute atomic E-state index is 0.0143. The van der Waals surface area contributed by atoms with Crippen LogP contribution in [0, 0.1) is 0 Å². The standard InChI is InChI=1S/C21H29N5OS/c1-24(2)20(27)17-23-21(22-11-10-19-9-6-16-28-19)26-14-12-25(13-15-26)18-7-4-3-5-8-18/h3-9,16H,10-15,17H2,1-2H3,(H,22,23). The second-order valence-corrected chi connectivity index (χ2v) is 8.03. The lowest BCUT2D eigenvalue weighted by Gasteiger charge is -2.37. The molecular formula is C21H29N5OS. The molecule has 28 heavy (non-hydrogen) atoms. The van der Waals surface area contributed by atoms with Crippen molar-refractivity contribution in [3.8, 4) is 0 Å². The van der Waals surface area contributed by atoms with E-state index in [1.807, 2.05) is 6.07 Å². The topological polar surface area (TPSA) is 51.2 Å². The molecule has 1 aromatic heterocycles. The number of likely N-dealkylation sites (N-methyl/N-ethyl adjacent to an activating group) is 1. The molecule has 7 heteroatoms. The van der Waals surface area contributed by atoms with Crippen molar-refractivity contribution in [2.75, 3.05) is 58.3 Å². The zero-order chi connectivity index (χ0) is 19.8. The third-order valence-electron chi connectivity index (χ3n) is 4.80. The summed E-state index contributed by atoms with van der Waals surface area (Å²) in [7, 11) is 3.53. The van der Waals surface area contributed by atoms with Gasteiger partial charge in [0.1, 0.15) is 6.54 Å². The number of nitrogens with zero attached hydrogens (tertiary/aromatic N) is 4. The third-order valence-corrected chi connectivity index (χ3v) is 5.73. The molecule has 1 aromatic carbocycles. The number of carbonyl (C=O) groups excluding carboxylic acids is 1. The van der Waals surface area contributed by atoms with Gasteiger partial charge in [-0.1, -0.05) is 24.3 Å². The normalized spacial score (nSPS) is 14.9. The van der Waals surface area contributed by atoms with Crippen molar-refractivity contribution in [1.29, 1.82) is 0 Å². The highest BCUT2D eigenvalue weighted by molar-refractivity contribution is 7.09. The highest BCUT2D eigenvalue weighted by atomic mass is 32.1. The Kier molecular flexibility index (Phi) is 7.31. The molecule has 1 fully saturated rings. The average Bonchev–Trinajstić information content (AvgIpc) is 3.24. The average molecular weight is 400 g/mol. The highest BCUT2D eigenvalue weighted by Crippen LogP contribution is 2.15. The molecule has 0 unspecified atom stereocenters. The summed E-state index contributed by atoms with van der Waals surface area (Å²) >= 11 is 1.77. The van der Waals surface area contributed by atoms with Crippen molar-refractivity contribution in [2.24, 2.45) is 4.99 Å². The van der Waals surface area contributed by atoms with Crippen molar-refractivity contribution < 1.29 is 4.79 Å². The van der Waals surface area contributed by atoms with Crippen LogP contribution in [0.5, 0.6) is 0 Å². The SMILES string of the molecule is CN(C)C(=O)CN=C(NCCc1cccs1)N1CCN(c2ccccc2)CC1. The van der Waals surface area contributed by atoms with Crippen LogP contribution in [0.1, 0.15) is 4.88 Å². The summed E-state index contributed by atoms with van der Waals surface area (Å²) in [6.45, 7) is 4.64. The van der Waals surface area contributed by atoms with Crippen LogP contribution in [-0.4, -0.2) is 75.0 Å². The molecule has 0 bridgehead atoms. The van der Waals surface area contributed by atoms with Crippen LogP contribution in [0.15, 0.2) is 52.8 Å². The van der Waals surface area contributed by atoms with E-state index in [2.05, 4.69) is 61.9 Å². The number of anilines is 1. The molecule has 2 heterocycles. The smallest absolute Gasteiger partial charge is 0.243 e. The number of rotatable bonds is 6. The molecule has 150 valence electrons. The largest absolute Gasteiger partial charge is 0.368 e. The fraction of sp³-hybridized carbons (Fsp3) is 0.429. The van der Waals surface area contributed by atoms with Crippen LogP contribution in [0.25, 0.3) is 0 Å². The number of guanidine groups is 1. The number of piperazine rings is 1. The van der Waals surface area contributed by atoms with Gasteiger partial charge in [-0.15, -0.1) is 11.3 Å². The third kappa shape index (κ3) is 5.73. The second-order valence-electron chi connectivity index (χ2n) is 6.99. The van der Waals surface area contributed by atoms with E-state index >= 15 is 0 Å². The Hall–Kier alpha value is -2.54. The maximum absolute atomic E-state index is 12.0. The molecule has 0 saturated carbocycles.